The number of hydrogen-bond acceptors (Lipinski definition) is 4. The number of hydrogen-bond donors (Lipinski definition) is 2. The van der Waals surface area contributed by atoms with Crippen LogP contribution in [0.4, 0.5) is 0 Å². The van der Waals surface area contributed by atoms with Crippen molar-refractivity contribution in [2.24, 2.45) is 0 Å². The minimum Gasteiger partial charge on any atom is -0.508 e. The Morgan fingerprint density at radius 3 is 2.71 bits per heavy atom. The van der Waals surface area contributed by atoms with Gasteiger partial charge in [0.25, 0.3) is 0 Å². The molecule has 0 atom stereocenters. The number of pyridine rings is 1. The number of ether oxygens (including phenoxy) is 1. The van der Waals surface area contributed by atoms with E-state index in [1.54, 1.807) is 18.3 Å². The predicted molar refractivity (Wildman–Crippen MR) is 94.1 cm³/mol. The van der Waals surface area contributed by atoms with Crippen molar-refractivity contribution in [1.29, 1.82) is 0 Å². The molecule has 4 nitrogen and oxygen atoms in total. The molecule has 0 bridgehead atoms. The molecule has 0 amide bonds. The van der Waals surface area contributed by atoms with Gasteiger partial charge >= 0.3 is 0 Å². The molecular formula is C20H20N2O2. The van der Waals surface area contributed by atoms with Crippen LogP contribution in [0.15, 0.2) is 66.9 Å². The van der Waals surface area contributed by atoms with E-state index >= 15 is 0 Å². The number of benzene rings is 2. The van der Waals surface area contributed by atoms with Gasteiger partial charge < -0.3 is 15.2 Å². The number of aromatic hydroxyl groups is 1. The Balaban J connectivity index is 1.67. The molecule has 4 heteroatoms. The summed E-state index contributed by atoms with van der Waals surface area (Å²) in [4.78, 5) is 4.35. The third-order valence-corrected chi connectivity index (χ3v) is 3.71. The summed E-state index contributed by atoms with van der Waals surface area (Å²) in [7, 11) is 0. The maximum absolute atomic E-state index is 9.51. The van der Waals surface area contributed by atoms with Crippen molar-refractivity contribution < 1.29 is 9.84 Å². The smallest absolute Gasteiger partial charge is 0.223 e. The van der Waals surface area contributed by atoms with E-state index in [9.17, 15) is 5.11 Å². The van der Waals surface area contributed by atoms with E-state index in [1.807, 2.05) is 55.5 Å². The average molecular weight is 320 g/mol. The third kappa shape index (κ3) is 4.12. The molecule has 0 aliphatic rings. The number of rotatable bonds is 6. The molecule has 122 valence electrons. The van der Waals surface area contributed by atoms with Gasteiger partial charge in [0.15, 0.2) is 0 Å². The molecule has 3 rings (SSSR count). The fourth-order valence-corrected chi connectivity index (χ4v) is 2.43. The van der Waals surface area contributed by atoms with Gasteiger partial charge in [0.2, 0.25) is 5.88 Å². The van der Waals surface area contributed by atoms with Crippen LogP contribution in [0.3, 0.4) is 0 Å². The van der Waals surface area contributed by atoms with Crippen molar-refractivity contribution in [3.8, 4) is 17.4 Å². The highest BCUT2D eigenvalue weighted by molar-refractivity contribution is 5.37. The zero-order valence-corrected chi connectivity index (χ0v) is 13.6. The Labute approximate surface area is 141 Å². The second-order valence-electron chi connectivity index (χ2n) is 5.61. The molecule has 0 fully saturated rings. The first-order valence-corrected chi connectivity index (χ1v) is 7.88. The SMILES string of the molecule is Cc1ccccc1Oc1ncccc1CNCc1cccc(O)c1. The van der Waals surface area contributed by atoms with Crippen LogP contribution in [0.1, 0.15) is 16.7 Å². The summed E-state index contributed by atoms with van der Waals surface area (Å²) in [6, 6.07) is 19.0. The molecule has 0 saturated carbocycles. The normalized spacial score (nSPS) is 10.5. The summed E-state index contributed by atoms with van der Waals surface area (Å²) in [6.07, 6.45) is 1.73. The quantitative estimate of drug-likeness (QED) is 0.715. The second-order valence-corrected chi connectivity index (χ2v) is 5.61. The lowest BCUT2D eigenvalue weighted by molar-refractivity contribution is 0.449. The van der Waals surface area contributed by atoms with E-state index in [-0.39, 0.29) is 5.75 Å². The first-order valence-electron chi connectivity index (χ1n) is 7.88. The Morgan fingerprint density at radius 2 is 1.88 bits per heavy atom. The van der Waals surface area contributed by atoms with Gasteiger partial charge in [-0.2, -0.15) is 0 Å². The molecule has 0 unspecified atom stereocenters. The van der Waals surface area contributed by atoms with Crippen LogP contribution in [0.2, 0.25) is 0 Å². The third-order valence-electron chi connectivity index (χ3n) is 3.71. The molecule has 0 aliphatic heterocycles. The average Bonchev–Trinajstić information content (AvgIpc) is 2.58. The molecule has 0 radical (unpaired) electrons. The molecule has 2 aromatic carbocycles. The van der Waals surface area contributed by atoms with E-state index in [4.69, 9.17) is 4.74 Å². The fraction of sp³-hybridized carbons (Fsp3) is 0.150. The topological polar surface area (TPSA) is 54.4 Å². The number of aromatic nitrogens is 1. The zero-order chi connectivity index (χ0) is 16.8. The predicted octanol–water partition coefficient (Wildman–Crippen LogP) is 4.18. The number of nitrogens with one attached hydrogen (secondary N) is 1. The van der Waals surface area contributed by atoms with Crippen molar-refractivity contribution in [3.63, 3.8) is 0 Å². The zero-order valence-electron chi connectivity index (χ0n) is 13.6. The molecule has 3 aromatic rings. The van der Waals surface area contributed by atoms with E-state index in [1.165, 1.54) is 0 Å². The number of nitrogens with zero attached hydrogens (tertiary/aromatic N) is 1. The van der Waals surface area contributed by atoms with Crippen molar-refractivity contribution in [3.05, 3.63) is 83.6 Å². The monoisotopic (exact) mass is 320 g/mol. The minimum absolute atomic E-state index is 0.277. The molecule has 24 heavy (non-hydrogen) atoms. The molecule has 0 aliphatic carbocycles. The molecule has 1 aromatic heterocycles. The van der Waals surface area contributed by atoms with Gasteiger partial charge in [-0.1, -0.05) is 36.4 Å². The van der Waals surface area contributed by atoms with E-state index in [0.717, 1.165) is 22.4 Å². The summed E-state index contributed by atoms with van der Waals surface area (Å²) >= 11 is 0. The van der Waals surface area contributed by atoms with Gasteiger partial charge in [-0.05, 0) is 42.3 Å². The molecular weight excluding hydrogens is 300 g/mol. The molecule has 0 spiro atoms. The van der Waals surface area contributed by atoms with Crippen LogP contribution in [0, 0.1) is 6.92 Å². The first kappa shape index (κ1) is 16.0. The van der Waals surface area contributed by atoms with E-state index in [2.05, 4.69) is 10.3 Å². The first-order chi connectivity index (χ1) is 11.7. The molecule has 0 saturated heterocycles. The van der Waals surface area contributed by atoms with Crippen molar-refractivity contribution in [1.82, 2.24) is 10.3 Å². The van der Waals surface area contributed by atoms with Gasteiger partial charge in [0.05, 0.1) is 0 Å². The van der Waals surface area contributed by atoms with Crippen LogP contribution >= 0.6 is 0 Å². The highest BCUT2D eigenvalue weighted by Gasteiger charge is 2.07. The standard InChI is InChI=1S/C20H20N2O2/c1-15-6-2-3-10-19(15)24-20-17(8-5-11-22-20)14-21-13-16-7-4-9-18(23)12-16/h2-12,21,23H,13-14H2,1H3. The summed E-state index contributed by atoms with van der Waals surface area (Å²) in [5, 5.41) is 12.9. The van der Waals surface area contributed by atoms with Crippen LogP contribution < -0.4 is 10.1 Å². The van der Waals surface area contributed by atoms with Crippen molar-refractivity contribution in [2.45, 2.75) is 20.0 Å². The van der Waals surface area contributed by atoms with E-state index in [0.29, 0.717) is 19.0 Å². The number of phenols is 1. The van der Waals surface area contributed by atoms with Gasteiger partial charge in [0, 0.05) is 24.8 Å². The fourth-order valence-electron chi connectivity index (χ4n) is 2.43. The Morgan fingerprint density at radius 1 is 1.00 bits per heavy atom. The van der Waals surface area contributed by atoms with Crippen LogP contribution in [-0.4, -0.2) is 10.1 Å². The maximum Gasteiger partial charge on any atom is 0.223 e. The highest BCUT2D eigenvalue weighted by atomic mass is 16.5. The Bertz CT molecular complexity index is 818. The van der Waals surface area contributed by atoms with Gasteiger partial charge in [0.1, 0.15) is 11.5 Å². The summed E-state index contributed by atoms with van der Waals surface area (Å²) in [6.45, 7) is 3.30. The van der Waals surface area contributed by atoms with Crippen LogP contribution in [-0.2, 0) is 13.1 Å². The molecule has 1 heterocycles. The lowest BCUT2D eigenvalue weighted by Gasteiger charge is -2.12. The van der Waals surface area contributed by atoms with Crippen LogP contribution in [0.5, 0.6) is 17.4 Å². The molecule has 2 N–H and O–H groups in total. The second kappa shape index (κ2) is 7.62. The number of aryl methyl sites for hydroxylation is 1. The largest absolute Gasteiger partial charge is 0.508 e. The number of phenolic OH excluding ortho intramolecular Hbond substituents is 1. The van der Waals surface area contributed by atoms with Gasteiger partial charge in [-0.15, -0.1) is 0 Å². The summed E-state index contributed by atoms with van der Waals surface area (Å²) < 4.78 is 5.97. The van der Waals surface area contributed by atoms with Crippen molar-refractivity contribution in [2.75, 3.05) is 0 Å². The summed E-state index contributed by atoms with van der Waals surface area (Å²) in [5.41, 5.74) is 3.09. The van der Waals surface area contributed by atoms with Gasteiger partial charge in [-0.3, -0.25) is 0 Å². The minimum atomic E-state index is 0.277. The van der Waals surface area contributed by atoms with E-state index < -0.39 is 0 Å². The Kier molecular flexibility index (Phi) is 5.08. The lowest BCUT2D eigenvalue weighted by atomic mass is 10.2. The maximum atomic E-state index is 9.51. The van der Waals surface area contributed by atoms with Crippen molar-refractivity contribution >= 4 is 0 Å². The Hall–Kier alpha value is -2.85. The van der Waals surface area contributed by atoms with Gasteiger partial charge in [-0.25, -0.2) is 4.98 Å². The lowest BCUT2D eigenvalue weighted by Crippen LogP contribution is -2.13. The highest BCUT2D eigenvalue weighted by Crippen LogP contribution is 2.25. The van der Waals surface area contributed by atoms with Crippen LogP contribution in [0.25, 0.3) is 0 Å². The number of para-hydroxylation sites is 1. The summed E-state index contributed by atoms with van der Waals surface area (Å²) in [5.74, 6) is 1.69.